The van der Waals surface area contributed by atoms with Crippen molar-refractivity contribution in [2.75, 3.05) is 6.61 Å². The normalized spacial score (nSPS) is 17.2. The third-order valence-corrected chi connectivity index (χ3v) is 7.25. The predicted octanol–water partition coefficient (Wildman–Crippen LogP) is 7.98. The molecule has 0 saturated heterocycles. The van der Waals surface area contributed by atoms with Crippen molar-refractivity contribution in [3.63, 3.8) is 0 Å². The second kappa shape index (κ2) is 12.2. The maximum Gasteiger partial charge on any atom is 0.341 e. The highest BCUT2D eigenvalue weighted by Gasteiger charge is 2.29. The van der Waals surface area contributed by atoms with Crippen LogP contribution in [0.5, 0.6) is 11.5 Å². The Morgan fingerprint density at radius 3 is 2.51 bits per heavy atom. The van der Waals surface area contributed by atoms with Crippen molar-refractivity contribution in [3.8, 4) is 11.5 Å². The van der Waals surface area contributed by atoms with E-state index < -0.39 is 5.97 Å². The average molecular weight is 517 g/mol. The Morgan fingerprint density at radius 1 is 0.973 bits per heavy atom. The molecular weight excluding hydrogens is 484 g/mol. The Bertz CT molecular complexity index is 1330. The van der Waals surface area contributed by atoms with Crippen molar-refractivity contribution in [3.05, 3.63) is 108 Å². The van der Waals surface area contributed by atoms with Crippen molar-refractivity contribution in [1.29, 1.82) is 0 Å². The second-order valence-electron chi connectivity index (χ2n) is 9.72. The monoisotopic (exact) mass is 516 g/mol. The lowest BCUT2D eigenvalue weighted by atomic mass is 9.82. The summed E-state index contributed by atoms with van der Waals surface area (Å²) in [5.41, 5.74) is 3.82. The first-order valence-corrected chi connectivity index (χ1v) is 12.8. The van der Waals surface area contributed by atoms with Gasteiger partial charge in [-0.3, -0.25) is 0 Å². The van der Waals surface area contributed by atoms with Gasteiger partial charge in [0, 0.05) is 11.5 Å². The van der Waals surface area contributed by atoms with Gasteiger partial charge < -0.3 is 14.6 Å². The molecule has 37 heavy (non-hydrogen) atoms. The van der Waals surface area contributed by atoms with Crippen molar-refractivity contribution in [2.24, 2.45) is 0 Å². The molecule has 2 unspecified atom stereocenters. The summed E-state index contributed by atoms with van der Waals surface area (Å²) in [6, 6.07) is 31.4. The lowest BCUT2D eigenvalue weighted by Gasteiger charge is -2.33. The highest BCUT2D eigenvalue weighted by atomic mass is 35.5. The van der Waals surface area contributed by atoms with E-state index in [0.717, 1.165) is 31.4 Å². The minimum absolute atomic E-state index is 0. The second-order valence-corrected chi connectivity index (χ2v) is 9.72. The Balaban J connectivity index is 0.00000320. The number of benzene rings is 4. The number of fused-ring (bicyclic) bond motifs is 2. The molecule has 4 aromatic rings. The summed E-state index contributed by atoms with van der Waals surface area (Å²) >= 11 is 0. The number of hydrogen-bond acceptors (Lipinski definition) is 3. The molecule has 0 aromatic heterocycles. The standard InChI is InChI=1S/C32H32O4.ClH/c1-22(27-14-7-10-23-9-2-3-12-28(23)27)8-6-11-26-20-30(29-13-4-5-15-31(29)36-26)24-16-18-25(19-17-24)35-21-32(33)34;/h2-5,7,9-10,12-19,22,26,30H,6,8,11,20-21H2,1H3,(H,33,34);1H/t22-,26?,30?;/m0./s1. The van der Waals surface area contributed by atoms with Crippen LogP contribution in [0.25, 0.3) is 10.8 Å². The summed E-state index contributed by atoms with van der Waals surface area (Å²) in [6.45, 7) is 1.99. The molecule has 1 aliphatic rings. The smallest absolute Gasteiger partial charge is 0.341 e. The van der Waals surface area contributed by atoms with E-state index in [1.807, 2.05) is 30.3 Å². The Kier molecular flexibility index (Phi) is 8.73. The van der Waals surface area contributed by atoms with Crippen molar-refractivity contribution < 1.29 is 19.4 Å². The minimum Gasteiger partial charge on any atom is -0.490 e. The summed E-state index contributed by atoms with van der Waals surface area (Å²) in [6.07, 6.45) is 4.32. The van der Waals surface area contributed by atoms with Crippen LogP contribution in [0, 0.1) is 0 Å². The summed E-state index contributed by atoms with van der Waals surface area (Å²) in [4.78, 5) is 10.8. The van der Waals surface area contributed by atoms with Crippen LogP contribution in [0.4, 0.5) is 0 Å². The average Bonchev–Trinajstić information content (AvgIpc) is 2.91. The van der Waals surface area contributed by atoms with E-state index in [2.05, 4.69) is 67.6 Å². The number of hydrogen-bond donors (Lipinski definition) is 1. The van der Waals surface area contributed by atoms with Gasteiger partial charge in [-0.05, 0) is 71.7 Å². The first-order valence-electron chi connectivity index (χ1n) is 12.8. The molecule has 4 aromatic carbocycles. The van der Waals surface area contributed by atoms with E-state index in [1.54, 1.807) is 0 Å². The van der Waals surface area contributed by atoms with Crippen molar-refractivity contribution in [2.45, 2.75) is 50.5 Å². The molecule has 0 radical (unpaired) electrons. The van der Waals surface area contributed by atoms with Crippen molar-refractivity contribution in [1.82, 2.24) is 0 Å². The number of halogens is 1. The van der Waals surface area contributed by atoms with E-state index in [9.17, 15) is 4.79 Å². The molecule has 3 atom stereocenters. The molecule has 0 amide bonds. The molecule has 0 bridgehead atoms. The largest absolute Gasteiger partial charge is 0.490 e. The SMILES string of the molecule is C[C@@H](CCCC1CC(c2ccc(OCC(=O)O)cc2)c2ccccc2O1)c1cccc2ccccc12.Cl. The predicted molar refractivity (Wildman–Crippen MR) is 150 cm³/mol. The molecule has 0 saturated carbocycles. The van der Waals surface area contributed by atoms with Gasteiger partial charge in [-0.2, -0.15) is 0 Å². The zero-order valence-electron chi connectivity index (χ0n) is 21.0. The lowest BCUT2D eigenvalue weighted by Crippen LogP contribution is -2.26. The van der Waals surface area contributed by atoms with Crippen molar-refractivity contribution >= 4 is 29.1 Å². The van der Waals surface area contributed by atoms with E-state index in [-0.39, 0.29) is 31.0 Å². The fraction of sp³-hybridized carbons (Fsp3) is 0.281. The zero-order valence-corrected chi connectivity index (χ0v) is 21.8. The highest BCUT2D eigenvalue weighted by molar-refractivity contribution is 5.86. The molecule has 0 spiro atoms. The topological polar surface area (TPSA) is 55.8 Å². The lowest BCUT2D eigenvalue weighted by molar-refractivity contribution is -0.139. The number of carboxylic acids is 1. The number of carboxylic acid groups (broad SMARTS) is 1. The number of carbonyl (C=O) groups is 1. The fourth-order valence-corrected chi connectivity index (χ4v) is 5.41. The molecule has 4 nitrogen and oxygen atoms in total. The molecule has 1 heterocycles. The van der Waals surface area contributed by atoms with Gasteiger partial charge in [-0.1, -0.05) is 79.7 Å². The number of ether oxygens (including phenoxy) is 2. The molecular formula is C32H33ClO4. The van der Waals surface area contributed by atoms with Crippen LogP contribution in [0.3, 0.4) is 0 Å². The van der Waals surface area contributed by atoms with Gasteiger partial charge in [0.05, 0.1) is 6.10 Å². The van der Waals surface area contributed by atoms with Gasteiger partial charge in [0.1, 0.15) is 11.5 Å². The minimum atomic E-state index is -0.977. The third-order valence-electron chi connectivity index (χ3n) is 7.25. The van der Waals surface area contributed by atoms with E-state index in [4.69, 9.17) is 14.6 Å². The first kappa shape index (κ1) is 26.6. The van der Waals surface area contributed by atoms with Crippen LogP contribution in [0.2, 0.25) is 0 Å². The molecule has 1 N–H and O–H groups in total. The van der Waals surface area contributed by atoms with Gasteiger partial charge in [0.15, 0.2) is 6.61 Å². The van der Waals surface area contributed by atoms with Crippen LogP contribution in [0.15, 0.2) is 91.0 Å². The van der Waals surface area contributed by atoms with E-state index in [1.165, 1.54) is 27.5 Å². The Hall–Kier alpha value is -3.50. The first-order chi connectivity index (χ1) is 17.6. The summed E-state index contributed by atoms with van der Waals surface area (Å²) in [5.74, 6) is 1.28. The van der Waals surface area contributed by atoms with Gasteiger partial charge >= 0.3 is 5.97 Å². The number of para-hydroxylation sites is 1. The fourth-order valence-electron chi connectivity index (χ4n) is 5.41. The van der Waals surface area contributed by atoms with Crippen LogP contribution in [-0.4, -0.2) is 23.8 Å². The summed E-state index contributed by atoms with van der Waals surface area (Å²) in [5, 5.41) is 11.5. The summed E-state index contributed by atoms with van der Waals surface area (Å²) in [7, 11) is 0. The van der Waals surface area contributed by atoms with Crippen LogP contribution in [0.1, 0.15) is 61.1 Å². The van der Waals surface area contributed by atoms with Crippen LogP contribution >= 0.6 is 12.4 Å². The number of aliphatic carboxylic acids is 1. The van der Waals surface area contributed by atoms with Gasteiger partial charge in [0.2, 0.25) is 0 Å². The molecule has 1 aliphatic heterocycles. The molecule has 192 valence electrons. The molecule has 5 heteroatoms. The van der Waals surface area contributed by atoms with Crippen LogP contribution < -0.4 is 9.47 Å². The maximum atomic E-state index is 10.8. The van der Waals surface area contributed by atoms with Crippen LogP contribution in [-0.2, 0) is 4.79 Å². The Labute approximate surface area is 224 Å². The summed E-state index contributed by atoms with van der Waals surface area (Å²) < 4.78 is 11.8. The molecule has 5 rings (SSSR count). The zero-order chi connectivity index (χ0) is 24.9. The maximum absolute atomic E-state index is 10.8. The molecule has 0 aliphatic carbocycles. The third kappa shape index (κ3) is 6.26. The Morgan fingerprint density at radius 2 is 1.70 bits per heavy atom. The quantitative estimate of drug-likeness (QED) is 0.245. The number of rotatable bonds is 9. The molecule has 0 fully saturated rings. The van der Waals surface area contributed by atoms with Gasteiger partial charge in [-0.25, -0.2) is 4.79 Å². The van der Waals surface area contributed by atoms with Gasteiger partial charge in [0.25, 0.3) is 0 Å². The highest BCUT2D eigenvalue weighted by Crippen LogP contribution is 2.42. The van der Waals surface area contributed by atoms with E-state index >= 15 is 0 Å². The van der Waals surface area contributed by atoms with E-state index in [0.29, 0.717) is 11.7 Å². The van der Waals surface area contributed by atoms with Gasteiger partial charge in [-0.15, -0.1) is 12.4 Å².